The van der Waals surface area contributed by atoms with E-state index in [1.807, 2.05) is 4.90 Å². The maximum Gasteiger partial charge on any atom is 0.167 e. The number of aliphatic hydroxyl groups is 1. The molecule has 0 aromatic carbocycles. The molecule has 0 amide bonds. The van der Waals surface area contributed by atoms with E-state index >= 15 is 0 Å². The molecule has 1 unspecified atom stereocenters. The molecule has 0 radical (unpaired) electrons. The molecule has 0 aromatic heterocycles. The average molecular weight is 159 g/mol. The van der Waals surface area contributed by atoms with Gasteiger partial charge in [-0.2, -0.15) is 0 Å². The van der Waals surface area contributed by atoms with Crippen molar-refractivity contribution in [3.63, 3.8) is 0 Å². The summed E-state index contributed by atoms with van der Waals surface area (Å²) in [6.07, 6.45) is -0.719. The first-order valence-electron chi connectivity index (χ1n) is 3.70. The minimum atomic E-state index is -0.719. The fourth-order valence-electron chi connectivity index (χ4n) is 1.14. The van der Waals surface area contributed by atoms with Crippen molar-refractivity contribution in [2.24, 2.45) is 0 Å². The van der Waals surface area contributed by atoms with Crippen LogP contribution in [0.25, 0.3) is 0 Å². The number of hydrogen-bond acceptors (Lipinski definition) is 4. The minimum absolute atomic E-state index is 0.124. The first kappa shape index (κ1) is 8.64. The van der Waals surface area contributed by atoms with Crippen LogP contribution in [0.1, 0.15) is 6.92 Å². The van der Waals surface area contributed by atoms with Crippen molar-refractivity contribution < 1.29 is 14.6 Å². The largest absolute Gasteiger partial charge is 0.367 e. The molecule has 1 aliphatic heterocycles. The lowest BCUT2D eigenvalue weighted by molar-refractivity contribution is -0.149. The lowest BCUT2D eigenvalue weighted by Crippen LogP contribution is -2.44. The molecule has 4 nitrogen and oxygen atoms in total. The number of nitrogens with zero attached hydrogens (tertiary/aromatic N) is 1. The molecule has 1 aliphatic rings. The Bertz CT molecular complexity index is 149. The zero-order valence-electron chi connectivity index (χ0n) is 6.62. The second-order valence-electron chi connectivity index (χ2n) is 2.76. The van der Waals surface area contributed by atoms with E-state index in [2.05, 4.69) is 0 Å². The van der Waals surface area contributed by atoms with Crippen molar-refractivity contribution in [2.45, 2.75) is 13.2 Å². The van der Waals surface area contributed by atoms with Gasteiger partial charge in [0.2, 0.25) is 0 Å². The van der Waals surface area contributed by atoms with Crippen molar-refractivity contribution in [2.75, 3.05) is 26.2 Å². The number of aliphatic hydroxyl groups excluding tert-OH is 1. The summed E-state index contributed by atoms with van der Waals surface area (Å²) in [5.74, 6) is 0.124. The highest BCUT2D eigenvalue weighted by Gasteiger charge is 2.18. The van der Waals surface area contributed by atoms with E-state index in [-0.39, 0.29) is 5.78 Å². The Morgan fingerprint density at radius 2 is 2.55 bits per heavy atom. The van der Waals surface area contributed by atoms with Gasteiger partial charge in [0, 0.05) is 13.1 Å². The molecule has 11 heavy (non-hydrogen) atoms. The normalized spacial score (nSPS) is 26.9. The summed E-state index contributed by atoms with van der Waals surface area (Å²) in [5.41, 5.74) is 0. The predicted octanol–water partition coefficient (Wildman–Crippen LogP) is -0.774. The summed E-state index contributed by atoms with van der Waals surface area (Å²) in [5, 5.41) is 9.02. The number of ether oxygens (including phenoxy) is 1. The molecule has 0 saturated carbocycles. The molecule has 0 aromatic rings. The van der Waals surface area contributed by atoms with Crippen LogP contribution < -0.4 is 0 Å². The number of hydrogen-bond donors (Lipinski definition) is 1. The van der Waals surface area contributed by atoms with E-state index in [0.717, 1.165) is 6.54 Å². The minimum Gasteiger partial charge on any atom is -0.367 e. The van der Waals surface area contributed by atoms with E-state index in [1.54, 1.807) is 6.92 Å². The fraction of sp³-hybridized carbons (Fsp3) is 0.857. The molecule has 4 heteroatoms. The van der Waals surface area contributed by atoms with Crippen LogP contribution in [0.2, 0.25) is 0 Å². The average Bonchev–Trinajstić information content (AvgIpc) is 1.85. The molecular formula is C7H13NO3. The van der Waals surface area contributed by atoms with Gasteiger partial charge in [0.25, 0.3) is 0 Å². The van der Waals surface area contributed by atoms with Gasteiger partial charge in [0.05, 0.1) is 13.2 Å². The van der Waals surface area contributed by atoms with Gasteiger partial charge in [0.1, 0.15) is 5.78 Å². The van der Waals surface area contributed by atoms with E-state index in [9.17, 15) is 4.79 Å². The molecule has 0 spiro atoms. The van der Waals surface area contributed by atoms with Crippen molar-refractivity contribution in [1.29, 1.82) is 0 Å². The summed E-state index contributed by atoms with van der Waals surface area (Å²) in [6.45, 7) is 3.65. The van der Waals surface area contributed by atoms with Crippen LogP contribution in [0.3, 0.4) is 0 Å². The summed E-state index contributed by atoms with van der Waals surface area (Å²) in [6, 6.07) is 0. The van der Waals surface area contributed by atoms with Crippen LogP contribution in [0.15, 0.2) is 0 Å². The van der Waals surface area contributed by atoms with Crippen molar-refractivity contribution in [1.82, 2.24) is 4.90 Å². The first-order chi connectivity index (χ1) is 5.18. The van der Waals surface area contributed by atoms with Gasteiger partial charge >= 0.3 is 0 Å². The Balaban J connectivity index is 2.28. The molecule has 1 rings (SSSR count). The second-order valence-corrected chi connectivity index (χ2v) is 2.76. The lowest BCUT2D eigenvalue weighted by Gasteiger charge is -2.28. The number of carbonyl (C=O) groups excluding carboxylic acids is 1. The molecule has 1 heterocycles. The van der Waals surface area contributed by atoms with Gasteiger partial charge in [-0.3, -0.25) is 9.69 Å². The van der Waals surface area contributed by atoms with Crippen LogP contribution in [0, 0.1) is 0 Å². The lowest BCUT2D eigenvalue weighted by atomic mass is 10.3. The highest BCUT2D eigenvalue weighted by atomic mass is 16.6. The van der Waals surface area contributed by atoms with Crippen molar-refractivity contribution in [3.8, 4) is 0 Å². The number of β-amino-alcohol motifs (C(OH)–C–C–N with tert-alkyl or cyclic N) is 1. The SMILES string of the molecule is CC(=O)CN1CCOC(O)C1. The quantitative estimate of drug-likeness (QED) is 0.574. The Hall–Kier alpha value is -0.450. The topological polar surface area (TPSA) is 49.8 Å². The van der Waals surface area contributed by atoms with Crippen LogP contribution in [-0.4, -0.2) is 48.3 Å². The third kappa shape index (κ3) is 2.96. The Morgan fingerprint density at radius 3 is 3.09 bits per heavy atom. The summed E-state index contributed by atoms with van der Waals surface area (Å²) >= 11 is 0. The molecule has 0 bridgehead atoms. The zero-order chi connectivity index (χ0) is 8.27. The van der Waals surface area contributed by atoms with Gasteiger partial charge in [-0.15, -0.1) is 0 Å². The smallest absolute Gasteiger partial charge is 0.167 e. The second kappa shape index (κ2) is 3.80. The molecule has 1 saturated heterocycles. The summed E-state index contributed by atoms with van der Waals surface area (Å²) < 4.78 is 4.89. The molecule has 1 atom stereocenters. The Kier molecular flexibility index (Phi) is 2.99. The highest BCUT2D eigenvalue weighted by molar-refractivity contribution is 5.77. The highest BCUT2D eigenvalue weighted by Crippen LogP contribution is 2.01. The van der Waals surface area contributed by atoms with E-state index in [0.29, 0.717) is 19.7 Å². The third-order valence-corrected chi connectivity index (χ3v) is 1.58. The van der Waals surface area contributed by atoms with Crippen LogP contribution in [-0.2, 0) is 9.53 Å². The number of ketones is 1. The van der Waals surface area contributed by atoms with Crippen LogP contribution in [0.4, 0.5) is 0 Å². The van der Waals surface area contributed by atoms with E-state index in [4.69, 9.17) is 9.84 Å². The Labute approximate surface area is 65.8 Å². The number of Topliss-reactive ketones (excluding diaryl/α,β-unsaturated/α-hetero) is 1. The van der Waals surface area contributed by atoms with Gasteiger partial charge in [0.15, 0.2) is 6.29 Å². The van der Waals surface area contributed by atoms with Gasteiger partial charge in [-0.1, -0.05) is 0 Å². The molecule has 0 aliphatic carbocycles. The van der Waals surface area contributed by atoms with Gasteiger partial charge in [-0.25, -0.2) is 0 Å². The molecule has 64 valence electrons. The standard InChI is InChI=1S/C7H13NO3/c1-6(9)4-8-2-3-11-7(10)5-8/h7,10H,2-5H2,1H3. The predicted molar refractivity (Wildman–Crippen MR) is 39.1 cm³/mol. The maximum absolute atomic E-state index is 10.7. The summed E-state index contributed by atoms with van der Waals surface area (Å²) in [4.78, 5) is 12.5. The van der Waals surface area contributed by atoms with Crippen LogP contribution in [0.5, 0.6) is 0 Å². The van der Waals surface area contributed by atoms with Crippen molar-refractivity contribution in [3.05, 3.63) is 0 Å². The van der Waals surface area contributed by atoms with Crippen LogP contribution >= 0.6 is 0 Å². The fourth-order valence-corrected chi connectivity index (χ4v) is 1.14. The van der Waals surface area contributed by atoms with Gasteiger partial charge in [-0.05, 0) is 6.92 Å². The Morgan fingerprint density at radius 1 is 1.82 bits per heavy atom. The number of rotatable bonds is 2. The van der Waals surface area contributed by atoms with Crippen molar-refractivity contribution >= 4 is 5.78 Å². The first-order valence-corrected chi connectivity index (χ1v) is 3.70. The molecule has 1 N–H and O–H groups in total. The number of morpholine rings is 1. The van der Waals surface area contributed by atoms with E-state index in [1.165, 1.54) is 0 Å². The van der Waals surface area contributed by atoms with E-state index < -0.39 is 6.29 Å². The zero-order valence-corrected chi connectivity index (χ0v) is 6.62. The third-order valence-electron chi connectivity index (χ3n) is 1.58. The summed E-state index contributed by atoms with van der Waals surface area (Å²) in [7, 11) is 0. The maximum atomic E-state index is 10.7. The number of carbonyl (C=O) groups is 1. The molecular weight excluding hydrogens is 146 g/mol. The molecule has 1 fully saturated rings. The van der Waals surface area contributed by atoms with Gasteiger partial charge < -0.3 is 9.84 Å². The monoisotopic (exact) mass is 159 g/mol.